The highest BCUT2D eigenvalue weighted by atomic mass is 16.3. The van der Waals surface area contributed by atoms with Crippen LogP contribution in [0.3, 0.4) is 0 Å². The Morgan fingerprint density at radius 3 is 2.37 bits per heavy atom. The standard InChI is InChI=1S/C15H20N2O2/c1-2-9-16-11-12-17(15(16)19)10-8-14(18)13-6-4-3-5-7-13/h3-7,11-12,14,18H,2,8-10H2,1H3. The van der Waals surface area contributed by atoms with E-state index in [4.69, 9.17) is 0 Å². The van der Waals surface area contributed by atoms with Gasteiger partial charge in [-0.05, 0) is 18.4 Å². The summed E-state index contributed by atoms with van der Waals surface area (Å²) >= 11 is 0. The average molecular weight is 260 g/mol. The van der Waals surface area contributed by atoms with Crippen molar-refractivity contribution in [1.82, 2.24) is 9.13 Å². The third kappa shape index (κ3) is 3.35. The zero-order valence-electron chi connectivity index (χ0n) is 11.2. The van der Waals surface area contributed by atoms with E-state index < -0.39 is 6.10 Å². The van der Waals surface area contributed by atoms with Crippen molar-refractivity contribution in [3.05, 3.63) is 58.8 Å². The normalized spacial score (nSPS) is 12.5. The molecule has 1 N–H and O–H groups in total. The van der Waals surface area contributed by atoms with Gasteiger partial charge >= 0.3 is 5.69 Å². The largest absolute Gasteiger partial charge is 0.388 e. The summed E-state index contributed by atoms with van der Waals surface area (Å²) in [5.41, 5.74) is 0.894. The molecule has 4 nitrogen and oxygen atoms in total. The third-order valence-electron chi connectivity index (χ3n) is 3.21. The predicted octanol–water partition coefficient (Wildman–Crippen LogP) is 2.18. The molecule has 0 fully saturated rings. The molecular formula is C15H20N2O2. The number of imidazole rings is 1. The van der Waals surface area contributed by atoms with Crippen molar-refractivity contribution < 1.29 is 5.11 Å². The van der Waals surface area contributed by atoms with E-state index in [1.54, 1.807) is 21.5 Å². The smallest absolute Gasteiger partial charge is 0.328 e. The monoisotopic (exact) mass is 260 g/mol. The first-order valence-corrected chi connectivity index (χ1v) is 6.71. The van der Waals surface area contributed by atoms with Gasteiger partial charge in [0.15, 0.2) is 0 Å². The van der Waals surface area contributed by atoms with Gasteiger partial charge in [0.1, 0.15) is 0 Å². The maximum Gasteiger partial charge on any atom is 0.328 e. The van der Waals surface area contributed by atoms with Crippen LogP contribution in [0.1, 0.15) is 31.4 Å². The molecule has 1 aromatic carbocycles. The van der Waals surface area contributed by atoms with Gasteiger partial charge in [0, 0.05) is 25.5 Å². The Morgan fingerprint density at radius 1 is 1.11 bits per heavy atom. The number of hydrogen-bond acceptors (Lipinski definition) is 2. The second-order valence-corrected chi connectivity index (χ2v) is 4.68. The predicted molar refractivity (Wildman–Crippen MR) is 75.0 cm³/mol. The maximum atomic E-state index is 12.0. The lowest BCUT2D eigenvalue weighted by Crippen LogP contribution is -2.24. The van der Waals surface area contributed by atoms with Crippen LogP contribution >= 0.6 is 0 Å². The molecule has 4 heteroatoms. The fourth-order valence-corrected chi connectivity index (χ4v) is 2.14. The Labute approximate surface area is 112 Å². The third-order valence-corrected chi connectivity index (χ3v) is 3.21. The first-order valence-electron chi connectivity index (χ1n) is 6.71. The molecule has 1 aromatic heterocycles. The van der Waals surface area contributed by atoms with Crippen molar-refractivity contribution in [2.45, 2.75) is 39.0 Å². The van der Waals surface area contributed by atoms with Crippen molar-refractivity contribution in [3.8, 4) is 0 Å². The van der Waals surface area contributed by atoms with E-state index >= 15 is 0 Å². The number of aliphatic hydroxyl groups is 1. The molecule has 0 saturated carbocycles. The molecule has 1 heterocycles. The lowest BCUT2D eigenvalue weighted by Gasteiger charge is -2.10. The Morgan fingerprint density at radius 2 is 1.74 bits per heavy atom. The molecule has 0 amide bonds. The fourth-order valence-electron chi connectivity index (χ4n) is 2.14. The molecule has 2 aromatic rings. The first kappa shape index (κ1) is 13.6. The van der Waals surface area contributed by atoms with Gasteiger partial charge in [-0.15, -0.1) is 0 Å². The Hall–Kier alpha value is -1.81. The molecule has 0 aliphatic rings. The molecule has 0 aliphatic carbocycles. The summed E-state index contributed by atoms with van der Waals surface area (Å²) < 4.78 is 3.36. The number of nitrogens with zero attached hydrogens (tertiary/aromatic N) is 2. The number of aryl methyl sites for hydroxylation is 2. The zero-order valence-corrected chi connectivity index (χ0v) is 11.2. The fraction of sp³-hybridized carbons (Fsp3) is 0.400. The summed E-state index contributed by atoms with van der Waals surface area (Å²) in [6, 6.07) is 9.53. The maximum absolute atomic E-state index is 12.0. The van der Waals surface area contributed by atoms with E-state index in [1.165, 1.54) is 0 Å². The molecule has 0 radical (unpaired) electrons. The van der Waals surface area contributed by atoms with E-state index in [2.05, 4.69) is 0 Å². The van der Waals surface area contributed by atoms with Crippen LogP contribution in [0.2, 0.25) is 0 Å². The minimum absolute atomic E-state index is 0.00196. The van der Waals surface area contributed by atoms with E-state index in [1.807, 2.05) is 37.3 Å². The lowest BCUT2D eigenvalue weighted by molar-refractivity contribution is 0.160. The van der Waals surface area contributed by atoms with Crippen LogP contribution in [0, 0.1) is 0 Å². The van der Waals surface area contributed by atoms with Crippen LogP contribution in [-0.2, 0) is 13.1 Å². The van der Waals surface area contributed by atoms with Gasteiger partial charge in [-0.2, -0.15) is 0 Å². The summed E-state index contributed by atoms with van der Waals surface area (Å²) in [7, 11) is 0. The van der Waals surface area contributed by atoms with E-state index in [0.717, 1.165) is 18.5 Å². The van der Waals surface area contributed by atoms with Crippen LogP contribution in [-0.4, -0.2) is 14.2 Å². The second kappa shape index (κ2) is 6.38. The van der Waals surface area contributed by atoms with Crippen LogP contribution in [0.4, 0.5) is 0 Å². The number of aromatic nitrogens is 2. The Kier molecular flexibility index (Phi) is 4.58. The van der Waals surface area contributed by atoms with Crippen molar-refractivity contribution in [3.63, 3.8) is 0 Å². The molecule has 0 saturated heterocycles. The number of benzene rings is 1. The second-order valence-electron chi connectivity index (χ2n) is 4.68. The van der Waals surface area contributed by atoms with Gasteiger partial charge in [0.05, 0.1) is 6.10 Å². The van der Waals surface area contributed by atoms with Crippen LogP contribution in [0.15, 0.2) is 47.5 Å². The van der Waals surface area contributed by atoms with E-state index in [0.29, 0.717) is 13.0 Å². The van der Waals surface area contributed by atoms with Crippen LogP contribution in [0.25, 0.3) is 0 Å². The summed E-state index contributed by atoms with van der Waals surface area (Å²) in [4.78, 5) is 12.0. The quantitative estimate of drug-likeness (QED) is 0.865. The Bertz CT molecular complexity index is 557. The highest BCUT2D eigenvalue weighted by Gasteiger charge is 2.08. The molecular weight excluding hydrogens is 240 g/mol. The van der Waals surface area contributed by atoms with E-state index in [9.17, 15) is 9.90 Å². The number of hydrogen-bond donors (Lipinski definition) is 1. The lowest BCUT2D eigenvalue weighted by atomic mass is 10.1. The average Bonchev–Trinajstić information content (AvgIpc) is 2.79. The summed E-state index contributed by atoms with van der Waals surface area (Å²) in [5.74, 6) is 0. The van der Waals surface area contributed by atoms with Crippen molar-refractivity contribution in [2.75, 3.05) is 0 Å². The molecule has 0 bridgehead atoms. The van der Waals surface area contributed by atoms with E-state index in [-0.39, 0.29) is 5.69 Å². The SMILES string of the molecule is CCCn1ccn(CCC(O)c2ccccc2)c1=O. The summed E-state index contributed by atoms with van der Waals surface area (Å²) in [6.07, 6.45) is 4.55. The molecule has 1 atom stereocenters. The molecule has 19 heavy (non-hydrogen) atoms. The van der Waals surface area contributed by atoms with Gasteiger partial charge in [-0.1, -0.05) is 37.3 Å². The molecule has 0 spiro atoms. The van der Waals surface area contributed by atoms with Crippen LogP contribution in [0.5, 0.6) is 0 Å². The van der Waals surface area contributed by atoms with Gasteiger partial charge < -0.3 is 5.11 Å². The van der Waals surface area contributed by atoms with Crippen molar-refractivity contribution in [1.29, 1.82) is 0 Å². The summed E-state index contributed by atoms with van der Waals surface area (Å²) in [5, 5.41) is 10.1. The minimum atomic E-state index is -0.525. The van der Waals surface area contributed by atoms with Crippen LogP contribution < -0.4 is 5.69 Å². The van der Waals surface area contributed by atoms with Gasteiger partial charge in [0.25, 0.3) is 0 Å². The summed E-state index contributed by atoms with van der Waals surface area (Å²) in [6.45, 7) is 3.32. The van der Waals surface area contributed by atoms with Gasteiger partial charge in [0.2, 0.25) is 0 Å². The minimum Gasteiger partial charge on any atom is -0.388 e. The van der Waals surface area contributed by atoms with Crippen molar-refractivity contribution in [2.24, 2.45) is 0 Å². The number of aliphatic hydroxyl groups excluding tert-OH is 1. The van der Waals surface area contributed by atoms with Gasteiger partial charge in [-0.3, -0.25) is 9.13 Å². The highest BCUT2D eigenvalue weighted by molar-refractivity contribution is 5.17. The molecule has 0 aliphatic heterocycles. The molecule has 102 valence electrons. The molecule has 1 unspecified atom stereocenters. The zero-order chi connectivity index (χ0) is 13.7. The van der Waals surface area contributed by atoms with Gasteiger partial charge in [-0.25, -0.2) is 4.79 Å². The van der Waals surface area contributed by atoms with Crippen molar-refractivity contribution >= 4 is 0 Å². The topological polar surface area (TPSA) is 47.2 Å². The first-order chi connectivity index (χ1) is 9.22. The highest BCUT2D eigenvalue weighted by Crippen LogP contribution is 2.16. The number of rotatable bonds is 6. The Balaban J connectivity index is 1.97. The molecule has 2 rings (SSSR count).